The average molecular weight is 392 g/mol. The largest absolute Gasteiger partial charge is 0.495 e. The van der Waals surface area contributed by atoms with Gasteiger partial charge in [0, 0.05) is 5.02 Å². The zero-order chi connectivity index (χ0) is 20.0. The number of aryl methyl sites for hydroxylation is 3. The Labute approximate surface area is 163 Å². The van der Waals surface area contributed by atoms with Gasteiger partial charge in [0.2, 0.25) is 0 Å². The maximum atomic E-state index is 12.0. The van der Waals surface area contributed by atoms with Crippen molar-refractivity contribution in [3.8, 4) is 11.5 Å². The fraction of sp³-hybridized carbons (Fsp3) is 0.300. The van der Waals surface area contributed by atoms with Crippen molar-refractivity contribution in [1.29, 1.82) is 0 Å². The minimum absolute atomic E-state index is 0.279. The average Bonchev–Trinajstić information content (AvgIpc) is 2.59. The molecule has 0 aliphatic carbocycles. The number of nitrogens with one attached hydrogen (secondary N) is 1. The van der Waals surface area contributed by atoms with Gasteiger partial charge in [0.15, 0.2) is 13.2 Å². The van der Waals surface area contributed by atoms with Crippen LogP contribution in [-0.2, 0) is 14.3 Å². The number of anilines is 1. The molecule has 1 N–H and O–H groups in total. The van der Waals surface area contributed by atoms with E-state index in [1.807, 2.05) is 32.9 Å². The summed E-state index contributed by atoms with van der Waals surface area (Å²) < 4.78 is 15.6. The number of halogens is 1. The Bertz CT molecular complexity index is 827. The molecular formula is C20H22ClNO5. The number of carbonyl (C=O) groups is 2. The molecule has 27 heavy (non-hydrogen) atoms. The normalized spacial score (nSPS) is 10.3. The van der Waals surface area contributed by atoms with Crippen LogP contribution in [-0.4, -0.2) is 32.2 Å². The number of ether oxygens (including phenoxy) is 3. The lowest BCUT2D eigenvalue weighted by molar-refractivity contribution is -0.149. The molecule has 0 fully saturated rings. The molecule has 0 heterocycles. The number of hydrogen-bond acceptors (Lipinski definition) is 5. The molecule has 0 bridgehead atoms. The molecule has 0 aliphatic rings. The van der Waals surface area contributed by atoms with Crippen molar-refractivity contribution in [1.82, 2.24) is 0 Å². The van der Waals surface area contributed by atoms with Crippen molar-refractivity contribution >= 4 is 29.2 Å². The lowest BCUT2D eigenvalue weighted by Crippen LogP contribution is -2.24. The van der Waals surface area contributed by atoms with Gasteiger partial charge in [-0.15, -0.1) is 0 Å². The summed E-state index contributed by atoms with van der Waals surface area (Å²) in [4.78, 5) is 23.9. The molecular weight excluding hydrogens is 370 g/mol. The fourth-order valence-electron chi connectivity index (χ4n) is 2.68. The minimum atomic E-state index is -0.636. The van der Waals surface area contributed by atoms with Crippen LogP contribution in [0.25, 0.3) is 0 Å². The highest BCUT2D eigenvalue weighted by molar-refractivity contribution is 6.31. The van der Waals surface area contributed by atoms with Gasteiger partial charge in [-0.2, -0.15) is 0 Å². The molecule has 0 radical (unpaired) electrons. The highest BCUT2D eigenvalue weighted by Crippen LogP contribution is 2.27. The number of methoxy groups -OCH3 is 1. The summed E-state index contributed by atoms with van der Waals surface area (Å²) in [7, 11) is 1.48. The van der Waals surface area contributed by atoms with E-state index in [1.54, 1.807) is 18.2 Å². The zero-order valence-electron chi connectivity index (χ0n) is 15.7. The van der Waals surface area contributed by atoms with Gasteiger partial charge in [0.1, 0.15) is 11.5 Å². The first kappa shape index (κ1) is 20.6. The lowest BCUT2D eigenvalue weighted by Gasteiger charge is -2.13. The summed E-state index contributed by atoms with van der Waals surface area (Å²) in [5.74, 6) is -0.0485. The van der Waals surface area contributed by atoms with Gasteiger partial charge in [-0.05, 0) is 50.1 Å². The Morgan fingerprint density at radius 1 is 1.04 bits per heavy atom. The summed E-state index contributed by atoms with van der Waals surface area (Å²) >= 11 is 5.91. The predicted octanol–water partition coefficient (Wildman–Crippen LogP) is 3.83. The second-order valence-corrected chi connectivity index (χ2v) is 6.51. The Morgan fingerprint density at radius 3 is 2.33 bits per heavy atom. The van der Waals surface area contributed by atoms with Crippen LogP contribution in [0.15, 0.2) is 30.3 Å². The van der Waals surface area contributed by atoms with E-state index in [0.29, 0.717) is 22.2 Å². The molecule has 0 spiro atoms. The zero-order valence-corrected chi connectivity index (χ0v) is 16.5. The molecule has 0 saturated heterocycles. The molecule has 7 heteroatoms. The quantitative estimate of drug-likeness (QED) is 0.726. The standard InChI is InChI=1S/C20H22ClNO5/c1-12-7-13(2)20(14(3)8-12)27-11-19(24)26-10-18(23)22-16-9-15(21)5-6-17(16)25-4/h5-9H,10-11H2,1-4H3,(H,22,23). The number of esters is 1. The van der Waals surface area contributed by atoms with Crippen LogP contribution in [0.2, 0.25) is 5.02 Å². The van der Waals surface area contributed by atoms with Crippen LogP contribution in [0.1, 0.15) is 16.7 Å². The maximum absolute atomic E-state index is 12.0. The smallest absolute Gasteiger partial charge is 0.344 e. The molecule has 0 aromatic heterocycles. The van der Waals surface area contributed by atoms with E-state index in [9.17, 15) is 9.59 Å². The van der Waals surface area contributed by atoms with Gasteiger partial charge in [0.25, 0.3) is 5.91 Å². The first-order valence-electron chi connectivity index (χ1n) is 8.30. The van der Waals surface area contributed by atoms with E-state index in [-0.39, 0.29) is 6.61 Å². The van der Waals surface area contributed by atoms with E-state index >= 15 is 0 Å². The molecule has 2 aromatic rings. The number of carbonyl (C=O) groups excluding carboxylic acids is 2. The number of hydrogen-bond donors (Lipinski definition) is 1. The van der Waals surface area contributed by atoms with Crippen molar-refractivity contribution in [2.45, 2.75) is 20.8 Å². The Hall–Kier alpha value is -2.73. The molecule has 0 unspecified atom stereocenters. The van der Waals surface area contributed by atoms with Crippen molar-refractivity contribution < 1.29 is 23.8 Å². The number of rotatable bonds is 7. The fourth-order valence-corrected chi connectivity index (χ4v) is 2.85. The third kappa shape index (κ3) is 5.89. The third-order valence-electron chi connectivity index (χ3n) is 3.74. The SMILES string of the molecule is COc1ccc(Cl)cc1NC(=O)COC(=O)COc1c(C)cc(C)cc1C. The molecule has 144 valence electrons. The summed E-state index contributed by atoms with van der Waals surface area (Å²) in [5, 5.41) is 3.03. The van der Waals surface area contributed by atoms with Gasteiger partial charge >= 0.3 is 5.97 Å². The van der Waals surface area contributed by atoms with E-state index in [4.69, 9.17) is 25.8 Å². The van der Waals surface area contributed by atoms with E-state index in [0.717, 1.165) is 16.7 Å². The molecule has 0 saturated carbocycles. The Kier molecular flexibility index (Phi) is 7.07. The maximum Gasteiger partial charge on any atom is 0.344 e. The molecule has 2 rings (SSSR count). The van der Waals surface area contributed by atoms with Crippen LogP contribution in [0.5, 0.6) is 11.5 Å². The van der Waals surface area contributed by atoms with Gasteiger partial charge in [0.05, 0.1) is 12.8 Å². The summed E-state index contributed by atoms with van der Waals surface area (Å²) in [6, 6.07) is 8.76. The lowest BCUT2D eigenvalue weighted by atomic mass is 10.1. The van der Waals surface area contributed by atoms with Crippen molar-refractivity contribution in [3.05, 3.63) is 52.0 Å². The van der Waals surface area contributed by atoms with Gasteiger partial charge in [-0.3, -0.25) is 4.79 Å². The van der Waals surface area contributed by atoms with E-state index in [2.05, 4.69) is 5.32 Å². The summed E-state index contributed by atoms with van der Waals surface area (Å²) in [6.45, 7) is 5.09. The molecule has 6 nitrogen and oxygen atoms in total. The Morgan fingerprint density at radius 2 is 1.70 bits per heavy atom. The third-order valence-corrected chi connectivity index (χ3v) is 3.97. The molecule has 1 amide bonds. The van der Waals surface area contributed by atoms with Gasteiger partial charge in [-0.25, -0.2) is 4.79 Å². The van der Waals surface area contributed by atoms with Crippen molar-refractivity contribution in [2.24, 2.45) is 0 Å². The summed E-state index contributed by atoms with van der Waals surface area (Å²) in [6.07, 6.45) is 0. The second-order valence-electron chi connectivity index (χ2n) is 6.07. The van der Waals surface area contributed by atoms with E-state index < -0.39 is 18.5 Å². The molecule has 2 aromatic carbocycles. The minimum Gasteiger partial charge on any atom is -0.495 e. The predicted molar refractivity (Wildman–Crippen MR) is 104 cm³/mol. The van der Waals surface area contributed by atoms with Crippen molar-refractivity contribution in [2.75, 3.05) is 25.6 Å². The topological polar surface area (TPSA) is 73.9 Å². The summed E-state index contributed by atoms with van der Waals surface area (Å²) in [5.41, 5.74) is 3.39. The van der Waals surface area contributed by atoms with Crippen molar-refractivity contribution in [3.63, 3.8) is 0 Å². The first-order valence-corrected chi connectivity index (χ1v) is 8.67. The highest BCUT2D eigenvalue weighted by atomic mass is 35.5. The molecule has 0 aliphatic heterocycles. The van der Waals surface area contributed by atoms with Crippen LogP contribution < -0.4 is 14.8 Å². The monoisotopic (exact) mass is 391 g/mol. The second kappa shape index (κ2) is 9.28. The van der Waals surface area contributed by atoms with Crippen LogP contribution in [0.4, 0.5) is 5.69 Å². The molecule has 0 atom stereocenters. The van der Waals surface area contributed by atoms with Gasteiger partial charge in [-0.1, -0.05) is 29.3 Å². The van der Waals surface area contributed by atoms with E-state index in [1.165, 1.54) is 7.11 Å². The first-order chi connectivity index (χ1) is 12.8. The van der Waals surface area contributed by atoms with Gasteiger partial charge < -0.3 is 19.5 Å². The van der Waals surface area contributed by atoms with Crippen LogP contribution >= 0.6 is 11.6 Å². The van der Waals surface area contributed by atoms with Crippen LogP contribution in [0.3, 0.4) is 0 Å². The van der Waals surface area contributed by atoms with Crippen LogP contribution in [0, 0.1) is 20.8 Å². The number of amides is 1. The number of benzene rings is 2. The highest BCUT2D eigenvalue weighted by Gasteiger charge is 2.13. The Balaban J connectivity index is 1.85.